The van der Waals surface area contributed by atoms with Crippen LogP contribution in [0.15, 0.2) is 4.90 Å². The smallest absolute Gasteiger partial charge is 0.325 e. The minimum absolute atomic E-state index is 0.0949. The summed E-state index contributed by atoms with van der Waals surface area (Å²) in [6, 6.07) is -0.259. The van der Waals surface area contributed by atoms with Gasteiger partial charge in [-0.1, -0.05) is 0 Å². The summed E-state index contributed by atoms with van der Waals surface area (Å²) in [5.74, 6) is -1.07. The number of hydrogen-bond donors (Lipinski definition) is 1. The molecular formula is C12H19N3O5S. The SMILES string of the molecule is Cc1nn(CC(=O)O)c(C)c1S(=O)(=O)N1CCOCC1C. The van der Waals surface area contributed by atoms with Crippen molar-refractivity contribution in [2.75, 3.05) is 19.8 Å². The number of rotatable bonds is 4. The topological polar surface area (TPSA) is 102 Å². The standard InChI is InChI=1S/C12H19N3O5S/c1-8-7-20-5-4-15(8)21(18,19)12-9(2)13-14(10(12)3)6-11(16)17/h8H,4-7H2,1-3H3,(H,16,17). The molecule has 0 saturated carbocycles. The van der Waals surface area contributed by atoms with Crippen molar-refractivity contribution in [3.8, 4) is 0 Å². The van der Waals surface area contributed by atoms with E-state index in [-0.39, 0.29) is 24.0 Å². The van der Waals surface area contributed by atoms with E-state index in [0.29, 0.717) is 24.6 Å². The molecule has 0 aliphatic carbocycles. The summed E-state index contributed by atoms with van der Waals surface area (Å²) in [5.41, 5.74) is 0.654. The van der Waals surface area contributed by atoms with Gasteiger partial charge in [-0.25, -0.2) is 8.42 Å². The van der Waals surface area contributed by atoms with Crippen molar-refractivity contribution in [1.82, 2.24) is 14.1 Å². The van der Waals surface area contributed by atoms with Crippen molar-refractivity contribution >= 4 is 16.0 Å². The minimum atomic E-state index is -3.71. The van der Waals surface area contributed by atoms with Crippen LogP contribution in [0.4, 0.5) is 0 Å². The molecule has 1 unspecified atom stereocenters. The number of morpholine rings is 1. The summed E-state index contributed by atoms with van der Waals surface area (Å²) in [6.07, 6.45) is 0. The number of aliphatic carboxylic acids is 1. The van der Waals surface area contributed by atoms with Crippen molar-refractivity contribution in [3.63, 3.8) is 0 Å². The highest BCUT2D eigenvalue weighted by atomic mass is 32.2. The molecule has 0 spiro atoms. The van der Waals surface area contributed by atoms with Crippen LogP contribution in [0, 0.1) is 13.8 Å². The largest absolute Gasteiger partial charge is 0.480 e. The highest BCUT2D eigenvalue weighted by Crippen LogP contribution is 2.26. The first-order chi connectivity index (χ1) is 9.75. The minimum Gasteiger partial charge on any atom is -0.480 e. The highest BCUT2D eigenvalue weighted by Gasteiger charge is 2.35. The quantitative estimate of drug-likeness (QED) is 0.838. The molecule has 1 N–H and O–H groups in total. The molecule has 1 aromatic heterocycles. The number of ether oxygens (including phenoxy) is 1. The molecule has 0 bridgehead atoms. The maximum Gasteiger partial charge on any atom is 0.325 e. The van der Waals surface area contributed by atoms with E-state index in [1.165, 1.54) is 8.99 Å². The highest BCUT2D eigenvalue weighted by molar-refractivity contribution is 7.89. The summed E-state index contributed by atoms with van der Waals surface area (Å²) in [5, 5.41) is 12.9. The van der Waals surface area contributed by atoms with Gasteiger partial charge in [-0.05, 0) is 20.8 Å². The van der Waals surface area contributed by atoms with Gasteiger partial charge in [0.25, 0.3) is 0 Å². The van der Waals surface area contributed by atoms with Gasteiger partial charge >= 0.3 is 5.97 Å². The Balaban J connectivity index is 2.45. The van der Waals surface area contributed by atoms with Crippen LogP contribution < -0.4 is 0 Å². The molecule has 1 atom stereocenters. The number of carboxylic acids is 1. The Kier molecular flexibility index (Phi) is 4.35. The zero-order valence-electron chi connectivity index (χ0n) is 12.2. The Hall–Kier alpha value is -1.45. The molecule has 118 valence electrons. The maximum atomic E-state index is 12.8. The fourth-order valence-corrected chi connectivity index (χ4v) is 4.50. The number of hydrogen-bond acceptors (Lipinski definition) is 5. The Morgan fingerprint density at radius 2 is 2.14 bits per heavy atom. The average Bonchev–Trinajstić information content (AvgIpc) is 2.64. The number of aryl methyl sites for hydroxylation is 1. The lowest BCUT2D eigenvalue weighted by molar-refractivity contribution is -0.137. The third kappa shape index (κ3) is 2.94. The van der Waals surface area contributed by atoms with E-state index in [0.717, 1.165) is 0 Å². The number of carbonyl (C=O) groups is 1. The normalized spacial score (nSPS) is 20.6. The first-order valence-electron chi connectivity index (χ1n) is 6.60. The Morgan fingerprint density at radius 3 is 2.71 bits per heavy atom. The number of sulfonamides is 1. The van der Waals surface area contributed by atoms with Gasteiger partial charge in [-0.2, -0.15) is 9.40 Å². The van der Waals surface area contributed by atoms with E-state index < -0.39 is 16.0 Å². The number of aromatic nitrogens is 2. The fraction of sp³-hybridized carbons (Fsp3) is 0.667. The van der Waals surface area contributed by atoms with Crippen molar-refractivity contribution < 1.29 is 23.1 Å². The average molecular weight is 317 g/mol. The predicted octanol–water partition coefficient (Wildman–Crippen LogP) is -0.00606. The van der Waals surface area contributed by atoms with Crippen LogP contribution in [-0.2, 0) is 26.1 Å². The van der Waals surface area contributed by atoms with E-state index >= 15 is 0 Å². The molecule has 2 heterocycles. The van der Waals surface area contributed by atoms with Gasteiger partial charge in [0.2, 0.25) is 10.0 Å². The molecule has 21 heavy (non-hydrogen) atoms. The zero-order chi connectivity index (χ0) is 15.8. The Morgan fingerprint density at radius 1 is 1.48 bits per heavy atom. The van der Waals surface area contributed by atoms with Crippen molar-refractivity contribution in [1.29, 1.82) is 0 Å². The van der Waals surface area contributed by atoms with Gasteiger partial charge in [0.1, 0.15) is 11.4 Å². The van der Waals surface area contributed by atoms with E-state index in [1.54, 1.807) is 20.8 Å². The van der Waals surface area contributed by atoms with Crippen LogP contribution in [0.3, 0.4) is 0 Å². The molecule has 1 aliphatic rings. The van der Waals surface area contributed by atoms with Gasteiger partial charge in [-0.3, -0.25) is 9.48 Å². The first-order valence-corrected chi connectivity index (χ1v) is 8.04. The molecule has 0 amide bonds. The van der Waals surface area contributed by atoms with Crippen LogP contribution in [0.25, 0.3) is 0 Å². The molecule has 0 radical (unpaired) electrons. The maximum absolute atomic E-state index is 12.8. The molecule has 2 rings (SSSR count). The Labute approximate surface area is 123 Å². The summed E-state index contributed by atoms with van der Waals surface area (Å²) in [4.78, 5) is 10.9. The van der Waals surface area contributed by atoms with E-state index in [9.17, 15) is 13.2 Å². The molecule has 9 heteroatoms. The second-order valence-corrected chi connectivity index (χ2v) is 6.92. The van der Waals surface area contributed by atoms with Crippen LogP contribution in [0.2, 0.25) is 0 Å². The van der Waals surface area contributed by atoms with Crippen molar-refractivity contribution in [2.45, 2.75) is 38.3 Å². The third-order valence-corrected chi connectivity index (χ3v) is 5.74. The van der Waals surface area contributed by atoms with Gasteiger partial charge in [0, 0.05) is 12.6 Å². The third-order valence-electron chi connectivity index (χ3n) is 3.47. The molecular weight excluding hydrogens is 298 g/mol. The number of nitrogens with zero attached hydrogens (tertiary/aromatic N) is 3. The van der Waals surface area contributed by atoms with Crippen molar-refractivity contribution in [3.05, 3.63) is 11.4 Å². The van der Waals surface area contributed by atoms with Gasteiger partial charge in [0.15, 0.2) is 0 Å². The summed E-state index contributed by atoms with van der Waals surface area (Å²) >= 11 is 0. The van der Waals surface area contributed by atoms with Crippen LogP contribution in [0.5, 0.6) is 0 Å². The molecule has 1 saturated heterocycles. The first kappa shape index (κ1) is 15.9. The summed E-state index contributed by atoms with van der Waals surface area (Å²) < 4.78 is 33.5. The van der Waals surface area contributed by atoms with Gasteiger partial charge in [-0.15, -0.1) is 0 Å². The van der Waals surface area contributed by atoms with Gasteiger partial charge in [0.05, 0.1) is 24.6 Å². The molecule has 1 aliphatic heterocycles. The van der Waals surface area contributed by atoms with Crippen LogP contribution >= 0.6 is 0 Å². The second-order valence-electron chi connectivity index (χ2n) is 5.09. The molecule has 1 aromatic rings. The van der Waals surface area contributed by atoms with E-state index in [2.05, 4.69) is 5.10 Å². The van der Waals surface area contributed by atoms with Crippen LogP contribution in [-0.4, -0.2) is 59.4 Å². The lowest BCUT2D eigenvalue weighted by Crippen LogP contribution is -2.47. The number of carboxylic acid groups (broad SMARTS) is 1. The van der Waals surface area contributed by atoms with Crippen LogP contribution in [0.1, 0.15) is 18.3 Å². The monoisotopic (exact) mass is 317 g/mol. The lowest BCUT2D eigenvalue weighted by Gasteiger charge is -2.32. The lowest BCUT2D eigenvalue weighted by atomic mass is 10.3. The second kappa shape index (κ2) is 5.74. The van der Waals surface area contributed by atoms with Gasteiger partial charge < -0.3 is 9.84 Å². The van der Waals surface area contributed by atoms with E-state index in [4.69, 9.17) is 9.84 Å². The molecule has 0 aromatic carbocycles. The predicted molar refractivity (Wildman–Crippen MR) is 73.5 cm³/mol. The summed E-state index contributed by atoms with van der Waals surface area (Å²) in [6.45, 7) is 5.55. The zero-order valence-corrected chi connectivity index (χ0v) is 13.1. The summed E-state index contributed by atoms with van der Waals surface area (Å²) in [7, 11) is -3.71. The van der Waals surface area contributed by atoms with Crippen molar-refractivity contribution in [2.24, 2.45) is 0 Å². The Bertz CT molecular complexity index is 652. The molecule has 1 fully saturated rings. The fourth-order valence-electron chi connectivity index (χ4n) is 2.52. The molecule has 8 nitrogen and oxygen atoms in total. The van der Waals surface area contributed by atoms with E-state index in [1.807, 2.05) is 0 Å².